The maximum atomic E-state index is 12.6. The Morgan fingerprint density at radius 1 is 0.939 bits per heavy atom. The molecule has 0 radical (unpaired) electrons. The molecule has 0 aliphatic carbocycles. The van der Waals surface area contributed by atoms with Gasteiger partial charge in [-0.25, -0.2) is 21.8 Å². The second-order valence-electron chi connectivity index (χ2n) is 7.51. The molecule has 11 heteroatoms. The van der Waals surface area contributed by atoms with Crippen LogP contribution in [0.1, 0.15) is 11.1 Å². The highest BCUT2D eigenvalue weighted by molar-refractivity contribution is 7.92. The molecule has 0 aliphatic heterocycles. The predicted octanol–water partition coefficient (Wildman–Crippen LogP) is 2.90. The molecule has 3 aromatic rings. The molecular weight excluding hydrogens is 464 g/mol. The number of rotatable bonds is 8. The van der Waals surface area contributed by atoms with E-state index in [1.807, 2.05) is 19.9 Å². The second kappa shape index (κ2) is 9.59. The van der Waals surface area contributed by atoms with E-state index in [0.29, 0.717) is 11.4 Å². The lowest BCUT2D eigenvalue weighted by molar-refractivity contribution is -0.114. The summed E-state index contributed by atoms with van der Waals surface area (Å²) in [5.41, 5.74) is 2.46. The number of anilines is 3. The lowest BCUT2D eigenvalue weighted by atomic mass is 10.1. The van der Waals surface area contributed by atoms with Crippen LogP contribution in [0.4, 0.5) is 17.2 Å². The number of nitrogens with zero attached hydrogens (tertiary/aromatic N) is 2. The fourth-order valence-electron chi connectivity index (χ4n) is 3.16. The first kappa shape index (κ1) is 24.2. The Balaban J connectivity index is 1.73. The number of aromatic nitrogens is 1. The Kier molecular flexibility index (Phi) is 7.04. The highest BCUT2D eigenvalue weighted by atomic mass is 32.2. The van der Waals surface area contributed by atoms with Crippen molar-refractivity contribution in [2.75, 3.05) is 27.1 Å². The fraction of sp³-hybridized carbons (Fsp3) is 0.182. The van der Waals surface area contributed by atoms with E-state index in [1.165, 1.54) is 36.5 Å². The van der Waals surface area contributed by atoms with Gasteiger partial charge in [0.15, 0.2) is 0 Å². The van der Waals surface area contributed by atoms with Gasteiger partial charge < -0.3 is 5.32 Å². The standard InChI is InChI=1S/C22H24N4O5S2/c1-16-12-17(2)14-19(13-16)26(32(3,28)29)15-22(27)24-18-7-9-20(10-8-18)33(30,31)25-21-6-4-5-11-23-21/h4-14H,15H2,1-3H3,(H,23,25)(H,24,27). The molecule has 174 valence electrons. The van der Waals surface area contributed by atoms with Crippen molar-refractivity contribution in [3.63, 3.8) is 0 Å². The maximum Gasteiger partial charge on any atom is 0.263 e. The van der Waals surface area contributed by atoms with Crippen molar-refractivity contribution in [2.45, 2.75) is 18.7 Å². The minimum absolute atomic E-state index is 0.0147. The highest BCUT2D eigenvalue weighted by Gasteiger charge is 2.22. The van der Waals surface area contributed by atoms with Crippen LogP contribution in [0.2, 0.25) is 0 Å². The summed E-state index contributed by atoms with van der Waals surface area (Å²) < 4.78 is 53.0. The van der Waals surface area contributed by atoms with Gasteiger partial charge in [-0.3, -0.25) is 13.8 Å². The number of carbonyl (C=O) groups excluding carboxylic acids is 1. The second-order valence-corrected chi connectivity index (χ2v) is 11.1. The zero-order valence-corrected chi connectivity index (χ0v) is 19.9. The zero-order chi connectivity index (χ0) is 24.2. The van der Waals surface area contributed by atoms with Gasteiger partial charge >= 0.3 is 0 Å². The molecule has 0 atom stereocenters. The topological polar surface area (TPSA) is 126 Å². The van der Waals surface area contributed by atoms with Crippen molar-refractivity contribution in [1.82, 2.24) is 4.98 Å². The first-order valence-electron chi connectivity index (χ1n) is 9.84. The Morgan fingerprint density at radius 2 is 1.58 bits per heavy atom. The summed E-state index contributed by atoms with van der Waals surface area (Å²) in [6.07, 6.45) is 2.50. The normalized spacial score (nSPS) is 11.6. The van der Waals surface area contributed by atoms with Crippen LogP contribution >= 0.6 is 0 Å². The Bertz CT molecular complexity index is 1340. The predicted molar refractivity (Wildman–Crippen MR) is 128 cm³/mol. The number of pyridine rings is 1. The number of aryl methyl sites for hydroxylation is 2. The van der Waals surface area contributed by atoms with E-state index in [2.05, 4.69) is 15.0 Å². The van der Waals surface area contributed by atoms with Crippen molar-refractivity contribution < 1.29 is 21.6 Å². The summed E-state index contributed by atoms with van der Waals surface area (Å²) in [5.74, 6) is -0.385. The molecule has 1 aromatic heterocycles. The van der Waals surface area contributed by atoms with Gasteiger partial charge in [-0.05, 0) is 73.5 Å². The summed E-state index contributed by atoms with van der Waals surface area (Å²) >= 11 is 0. The number of hydrogen-bond donors (Lipinski definition) is 2. The van der Waals surface area contributed by atoms with E-state index >= 15 is 0 Å². The van der Waals surface area contributed by atoms with E-state index in [0.717, 1.165) is 21.7 Å². The molecule has 3 rings (SSSR count). The summed E-state index contributed by atoms with van der Waals surface area (Å²) in [5, 5.41) is 2.60. The summed E-state index contributed by atoms with van der Waals surface area (Å²) in [4.78, 5) is 16.5. The van der Waals surface area contributed by atoms with Gasteiger partial charge in [0.2, 0.25) is 15.9 Å². The molecule has 0 spiro atoms. The maximum absolute atomic E-state index is 12.6. The Labute approximate surface area is 193 Å². The van der Waals surface area contributed by atoms with Gasteiger partial charge in [0.1, 0.15) is 12.4 Å². The molecule has 9 nitrogen and oxygen atoms in total. The number of hydrogen-bond acceptors (Lipinski definition) is 6. The molecule has 0 fully saturated rings. The molecule has 0 aliphatic rings. The van der Waals surface area contributed by atoms with Gasteiger partial charge in [-0.15, -0.1) is 0 Å². The van der Waals surface area contributed by atoms with E-state index < -0.39 is 32.5 Å². The molecule has 0 saturated carbocycles. The number of carbonyl (C=O) groups is 1. The van der Waals surface area contributed by atoms with Crippen LogP contribution in [0.5, 0.6) is 0 Å². The fourth-order valence-corrected chi connectivity index (χ4v) is 5.01. The molecule has 1 amide bonds. The minimum Gasteiger partial charge on any atom is -0.325 e. The third-order valence-corrected chi connectivity index (χ3v) is 7.05. The average molecular weight is 489 g/mol. The SMILES string of the molecule is Cc1cc(C)cc(N(CC(=O)Nc2ccc(S(=O)(=O)Nc3ccccn3)cc2)S(C)(=O)=O)c1. The van der Waals surface area contributed by atoms with Crippen LogP contribution in [0.3, 0.4) is 0 Å². The van der Waals surface area contributed by atoms with E-state index in [9.17, 15) is 21.6 Å². The van der Waals surface area contributed by atoms with Crippen molar-refractivity contribution in [2.24, 2.45) is 0 Å². The van der Waals surface area contributed by atoms with Crippen LogP contribution in [0.15, 0.2) is 71.8 Å². The summed E-state index contributed by atoms with van der Waals surface area (Å²) in [7, 11) is -7.57. The Hall–Kier alpha value is -3.44. The van der Waals surface area contributed by atoms with E-state index in [1.54, 1.807) is 24.3 Å². The zero-order valence-electron chi connectivity index (χ0n) is 18.3. The van der Waals surface area contributed by atoms with Crippen molar-refractivity contribution in [3.05, 3.63) is 78.0 Å². The van der Waals surface area contributed by atoms with Crippen LogP contribution in [0.25, 0.3) is 0 Å². The van der Waals surface area contributed by atoms with Crippen molar-refractivity contribution in [3.8, 4) is 0 Å². The van der Waals surface area contributed by atoms with Crippen LogP contribution in [-0.4, -0.2) is 40.5 Å². The van der Waals surface area contributed by atoms with Crippen molar-refractivity contribution >= 4 is 43.1 Å². The average Bonchev–Trinajstić information content (AvgIpc) is 2.71. The Morgan fingerprint density at radius 3 is 2.12 bits per heavy atom. The number of benzene rings is 2. The highest BCUT2D eigenvalue weighted by Crippen LogP contribution is 2.22. The smallest absolute Gasteiger partial charge is 0.263 e. The number of amides is 1. The third-order valence-electron chi connectivity index (χ3n) is 4.53. The molecule has 33 heavy (non-hydrogen) atoms. The first-order chi connectivity index (χ1) is 15.4. The molecule has 1 heterocycles. The lowest BCUT2D eigenvalue weighted by Crippen LogP contribution is -2.37. The van der Waals surface area contributed by atoms with Gasteiger partial charge in [0.05, 0.1) is 16.8 Å². The summed E-state index contributed by atoms with van der Waals surface area (Å²) in [6, 6.07) is 15.6. The number of sulfonamides is 2. The molecule has 0 bridgehead atoms. The molecule has 0 saturated heterocycles. The summed E-state index contributed by atoms with van der Waals surface area (Å²) in [6.45, 7) is 3.26. The molecule has 2 aromatic carbocycles. The molecule has 2 N–H and O–H groups in total. The first-order valence-corrected chi connectivity index (χ1v) is 13.2. The monoisotopic (exact) mass is 488 g/mol. The van der Waals surface area contributed by atoms with E-state index in [4.69, 9.17) is 0 Å². The molecular formula is C22H24N4O5S2. The largest absolute Gasteiger partial charge is 0.325 e. The van der Waals surface area contributed by atoms with Crippen LogP contribution < -0.4 is 14.3 Å². The quantitative estimate of drug-likeness (QED) is 0.502. The van der Waals surface area contributed by atoms with E-state index in [-0.39, 0.29) is 10.7 Å². The molecule has 0 unspecified atom stereocenters. The van der Waals surface area contributed by atoms with Gasteiger partial charge in [-0.2, -0.15) is 0 Å². The minimum atomic E-state index is -3.85. The third kappa shape index (κ3) is 6.53. The van der Waals surface area contributed by atoms with Crippen molar-refractivity contribution in [1.29, 1.82) is 0 Å². The van der Waals surface area contributed by atoms with Crippen LogP contribution in [-0.2, 0) is 24.8 Å². The number of nitrogens with one attached hydrogen (secondary N) is 2. The van der Waals surface area contributed by atoms with Gasteiger partial charge in [0, 0.05) is 11.9 Å². The van der Waals surface area contributed by atoms with Gasteiger partial charge in [0.25, 0.3) is 10.0 Å². The lowest BCUT2D eigenvalue weighted by Gasteiger charge is -2.23. The van der Waals surface area contributed by atoms with Crippen LogP contribution in [0, 0.1) is 13.8 Å². The van der Waals surface area contributed by atoms with Gasteiger partial charge in [-0.1, -0.05) is 12.1 Å².